The number of carbonyl (C=O) groups excluding carboxylic acids is 2. The Kier molecular flexibility index (Phi) is 6.03. The molecule has 3 N–H and O–H groups in total. The van der Waals surface area contributed by atoms with Crippen LogP contribution in [0.4, 0.5) is 5.69 Å². The van der Waals surface area contributed by atoms with Crippen LogP contribution in [-0.2, 0) is 29.2 Å². The Morgan fingerprint density at radius 3 is 2.25 bits per heavy atom. The van der Waals surface area contributed by atoms with Crippen LogP contribution >= 0.6 is 0 Å². The van der Waals surface area contributed by atoms with Gasteiger partial charge < -0.3 is 19.9 Å². The summed E-state index contributed by atoms with van der Waals surface area (Å²) in [5.41, 5.74) is -1.22. The van der Waals surface area contributed by atoms with Crippen LogP contribution in [0.5, 0.6) is 0 Å². The monoisotopic (exact) mass is 359 g/mol. The summed E-state index contributed by atoms with van der Waals surface area (Å²) in [6, 6.07) is 2.60. The maximum absolute atomic E-state index is 11.6. The zero-order valence-corrected chi connectivity index (χ0v) is 13.3. The average Bonchev–Trinajstić information content (AvgIpc) is 2.52. The summed E-state index contributed by atoms with van der Waals surface area (Å²) < 4.78 is 39.9. The van der Waals surface area contributed by atoms with Gasteiger partial charge >= 0.3 is 17.9 Å². The summed E-state index contributed by atoms with van der Waals surface area (Å²) in [5.74, 6) is -3.43. The average molecular weight is 359 g/mol. The van der Waals surface area contributed by atoms with E-state index in [4.69, 9.17) is 9.66 Å². The zero-order chi connectivity index (χ0) is 18.5. The maximum Gasteiger partial charge on any atom is 0.354 e. The van der Waals surface area contributed by atoms with E-state index >= 15 is 0 Å². The molecule has 0 saturated heterocycles. The number of carboxylic acid groups (broad SMARTS) is 1. The van der Waals surface area contributed by atoms with Gasteiger partial charge in [0.25, 0.3) is 10.1 Å². The Morgan fingerprint density at radius 1 is 1.17 bits per heavy atom. The van der Waals surface area contributed by atoms with Gasteiger partial charge in [-0.25, -0.2) is 14.4 Å². The number of methoxy groups -OCH3 is 2. The zero-order valence-electron chi connectivity index (χ0n) is 12.5. The Morgan fingerprint density at radius 2 is 1.79 bits per heavy atom. The Labute approximate surface area is 136 Å². The molecule has 0 aromatic heterocycles. The van der Waals surface area contributed by atoms with E-state index in [-0.39, 0.29) is 5.69 Å². The third-order valence-corrected chi connectivity index (χ3v) is 3.51. The SMILES string of the molecule is COC(=O)/C=C(/Nc1ccc(S(=O)(=O)O)cc1C(=O)O)C(=O)OC. The number of ether oxygens (including phenoxy) is 2. The molecule has 11 heteroatoms. The summed E-state index contributed by atoms with van der Waals surface area (Å²) in [5, 5.41) is 11.5. The van der Waals surface area contributed by atoms with Gasteiger partial charge in [0, 0.05) is 0 Å². The van der Waals surface area contributed by atoms with Crippen LogP contribution in [0.1, 0.15) is 10.4 Å². The van der Waals surface area contributed by atoms with E-state index in [9.17, 15) is 22.8 Å². The number of aromatic carboxylic acids is 1. The van der Waals surface area contributed by atoms with E-state index in [2.05, 4.69) is 14.8 Å². The molecular weight excluding hydrogens is 346 g/mol. The van der Waals surface area contributed by atoms with E-state index < -0.39 is 44.2 Å². The van der Waals surface area contributed by atoms with Crippen molar-refractivity contribution in [3.63, 3.8) is 0 Å². The van der Waals surface area contributed by atoms with Crippen molar-refractivity contribution in [3.8, 4) is 0 Å². The highest BCUT2D eigenvalue weighted by Crippen LogP contribution is 2.22. The minimum atomic E-state index is -4.62. The fourth-order valence-corrected chi connectivity index (χ4v) is 2.05. The Hall–Kier alpha value is -2.92. The summed E-state index contributed by atoms with van der Waals surface area (Å²) in [7, 11) is -2.52. The first kappa shape index (κ1) is 19.1. The molecule has 0 aliphatic heterocycles. The first-order valence-corrected chi connectivity index (χ1v) is 7.54. The van der Waals surface area contributed by atoms with Crippen molar-refractivity contribution in [2.45, 2.75) is 4.90 Å². The molecule has 0 spiro atoms. The van der Waals surface area contributed by atoms with Crippen LogP contribution in [-0.4, -0.2) is 50.2 Å². The van der Waals surface area contributed by atoms with E-state index in [0.29, 0.717) is 6.07 Å². The van der Waals surface area contributed by atoms with Crippen molar-refractivity contribution < 1.29 is 41.9 Å². The van der Waals surface area contributed by atoms with Gasteiger partial charge in [-0.15, -0.1) is 0 Å². The standard InChI is InChI=1S/C13H13NO9S/c1-22-11(15)6-10(13(18)23-2)14-9-4-3-7(24(19,20)21)5-8(9)12(16)17/h3-6,14H,1-2H3,(H,16,17)(H,19,20,21)/b10-6+. The van der Waals surface area contributed by atoms with Gasteiger partial charge in [-0.2, -0.15) is 8.42 Å². The smallest absolute Gasteiger partial charge is 0.354 e. The Balaban J connectivity index is 3.39. The molecule has 0 aliphatic rings. The van der Waals surface area contributed by atoms with Crippen molar-refractivity contribution in [2.24, 2.45) is 0 Å². The summed E-state index contributed by atoms with van der Waals surface area (Å²) in [6.45, 7) is 0. The first-order chi connectivity index (χ1) is 11.1. The lowest BCUT2D eigenvalue weighted by atomic mass is 10.1. The van der Waals surface area contributed by atoms with Crippen LogP contribution in [0.2, 0.25) is 0 Å². The minimum Gasteiger partial charge on any atom is -0.478 e. The third-order valence-electron chi connectivity index (χ3n) is 2.66. The fraction of sp³-hybridized carbons (Fsp3) is 0.154. The van der Waals surface area contributed by atoms with E-state index in [0.717, 1.165) is 32.4 Å². The lowest BCUT2D eigenvalue weighted by Gasteiger charge is -2.12. The van der Waals surface area contributed by atoms with Gasteiger partial charge in [0.1, 0.15) is 5.70 Å². The number of anilines is 1. The summed E-state index contributed by atoms with van der Waals surface area (Å²) >= 11 is 0. The van der Waals surface area contributed by atoms with Crippen LogP contribution in [0, 0.1) is 0 Å². The fourth-order valence-electron chi connectivity index (χ4n) is 1.55. The highest BCUT2D eigenvalue weighted by atomic mass is 32.2. The number of carboxylic acids is 1. The molecular formula is C13H13NO9S. The number of rotatable bonds is 6. The van der Waals surface area contributed by atoms with Gasteiger partial charge in [-0.3, -0.25) is 4.55 Å². The highest BCUT2D eigenvalue weighted by molar-refractivity contribution is 7.85. The minimum absolute atomic E-state index is 0.213. The lowest BCUT2D eigenvalue weighted by Crippen LogP contribution is -2.17. The molecule has 10 nitrogen and oxygen atoms in total. The number of benzene rings is 1. The molecule has 0 bridgehead atoms. The molecule has 24 heavy (non-hydrogen) atoms. The molecule has 1 aromatic carbocycles. The second-order valence-corrected chi connectivity index (χ2v) is 5.61. The molecule has 0 fully saturated rings. The predicted molar refractivity (Wildman–Crippen MR) is 79.0 cm³/mol. The molecule has 0 saturated carbocycles. The summed E-state index contributed by atoms with van der Waals surface area (Å²) in [6.07, 6.45) is 0.730. The second kappa shape index (κ2) is 7.57. The van der Waals surface area contributed by atoms with Crippen molar-refractivity contribution in [3.05, 3.63) is 35.5 Å². The van der Waals surface area contributed by atoms with Crippen molar-refractivity contribution in [1.82, 2.24) is 0 Å². The van der Waals surface area contributed by atoms with E-state index in [1.807, 2.05) is 0 Å². The number of carbonyl (C=O) groups is 3. The number of hydrogen-bond acceptors (Lipinski definition) is 8. The van der Waals surface area contributed by atoms with E-state index in [1.54, 1.807) is 0 Å². The van der Waals surface area contributed by atoms with Gasteiger partial charge in [0.05, 0.1) is 36.4 Å². The normalized spacial score (nSPS) is 11.5. The molecule has 0 unspecified atom stereocenters. The first-order valence-electron chi connectivity index (χ1n) is 6.10. The van der Waals surface area contributed by atoms with Gasteiger partial charge in [-0.05, 0) is 18.2 Å². The Bertz CT molecular complexity index is 811. The summed E-state index contributed by atoms with van der Waals surface area (Å²) in [4.78, 5) is 33.5. The lowest BCUT2D eigenvalue weighted by molar-refractivity contribution is -0.138. The van der Waals surface area contributed by atoms with Crippen molar-refractivity contribution >= 4 is 33.7 Å². The molecule has 130 valence electrons. The van der Waals surface area contributed by atoms with Crippen LogP contribution in [0.15, 0.2) is 34.9 Å². The topological polar surface area (TPSA) is 156 Å². The van der Waals surface area contributed by atoms with Crippen LogP contribution in [0.25, 0.3) is 0 Å². The number of nitrogens with one attached hydrogen (secondary N) is 1. The molecule has 0 heterocycles. The molecule has 0 aliphatic carbocycles. The van der Waals surface area contributed by atoms with Gasteiger partial charge in [0.15, 0.2) is 0 Å². The van der Waals surface area contributed by atoms with Crippen LogP contribution < -0.4 is 5.32 Å². The molecule has 0 amide bonds. The quantitative estimate of drug-likeness (QED) is 0.366. The number of esters is 2. The molecule has 0 atom stereocenters. The maximum atomic E-state index is 11.6. The van der Waals surface area contributed by atoms with Gasteiger partial charge in [0.2, 0.25) is 0 Å². The molecule has 0 radical (unpaired) electrons. The molecule has 1 aromatic rings. The predicted octanol–water partition coefficient (Wildman–Crippen LogP) is 0.273. The van der Waals surface area contributed by atoms with Crippen molar-refractivity contribution in [2.75, 3.05) is 19.5 Å². The third kappa shape index (κ3) is 4.79. The van der Waals surface area contributed by atoms with E-state index in [1.165, 1.54) is 0 Å². The highest BCUT2D eigenvalue weighted by Gasteiger charge is 2.20. The number of hydrogen-bond donors (Lipinski definition) is 3. The largest absolute Gasteiger partial charge is 0.478 e. The second-order valence-electron chi connectivity index (χ2n) is 4.19. The molecule has 1 rings (SSSR count). The van der Waals surface area contributed by atoms with Crippen LogP contribution in [0.3, 0.4) is 0 Å². The van der Waals surface area contributed by atoms with Gasteiger partial charge in [-0.1, -0.05) is 0 Å². The van der Waals surface area contributed by atoms with Crippen molar-refractivity contribution in [1.29, 1.82) is 0 Å².